The Labute approximate surface area is 145 Å². The van der Waals surface area contributed by atoms with Crippen LogP contribution in [0.3, 0.4) is 0 Å². The number of hydrogen-bond acceptors (Lipinski definition) is 5. The predicted molar refractivity (Wildman–Crippen MR) is 92.5 cm³/mol. The lowest BCUT2D eigenvalue weighted by Gasteiger charge is -2.10. The molecule has 25 heavy (non-hydrogen) atoms. The number of aromatic nitrogens is 2. The molecule has 1 heterocycles. The summed E-state index contributed by atoms with van der Waals surface area (Å²) in [7, 11) is 0. The van der Waals surface area contributed by atoms with Gasteiger partial charge in [0.1, 0.15) is 0 Å². The van der Waals surface area contributed by atoms with Crippen molar-refractivity contribution in [3.8, 4) is 11.5 Å². The Morgan fingerprint density at radius 3 is 2.44 bits per heavy atom. The van der Waals surface area contributed by atoms with E-state index in [1.165, 1.54) is 0 Å². The van der Waals surface area contributed by atoms with Gasteiger partial charge in [-0.05, 0) is 17.7 Å². The second-order valence-electron chi connectivity index (χ2n) is 5.60. The molecular formula is C19H19N3O3. The molecule has 0 aliphatic heterocycles. The quantitative estimate of drug-likeness (QED) is 0.691. The minimum atomic E-state index is -0.811. The molecule has 0 bridgehead atoms. The summed E-state index contributed by atoms with van der Waals surface area (Å²) in [4.78, 5) is 11.9. The number of hydrogen-bond donors (Lipinski definition) is 2. The van der Waals surface area contributed by atoms with Crippen molar-refractivity contribution in [2.45, 2.75) is 18.9 Å². The van der Waals surface area contributed by atoms with Crippen LogP contribution in [-0.4, -0.2) is 27.8 Å². The van der Waals surface area contributed by atoms with Crippen LogP contribution in [0.2, 0.25) is 0 Å². The van der Waals surface area contributed by atoms with Crippen LogP contribution in [0.1, 0.15) is 24.0 Å². The van der Waals surface area contributed by atoms with Crippen molar-refractivity contribution in [1.82, 2.24) is 15.5 Å². The Morgan fingerprint density at radius 2 is 1.72 bits per heavy atom. The van der Waals surface area contributed by atoms with Crippen molar-refractivity contribution < 1.29 is 14.3 Å². The fourth-order valence-electron chi connectivity index (χ4n) is 2.40. The Hall–Kier alpha value is -2.99. The van der Waals surface area contributed by atoms with Gasteiger partial charge >= 0.3 is 0 Å². The molecule has 0 saturated heterocycles. The molecule has 1 amide bonds. The molecule has 6 nitrogen and oxygen atoms in total. The Bertz CT molecular complexity index is 803. The van der Waals surface area contributed by atoms with Crippen LogP contribution >= 0.6 is 0 Å². The summed E-state index contributed by atoms with van der Waals surface area (Å²) in [5.74, 6) is 0.698. The molecule has 1 unspecified atom stereocenters. The highest BCUT2D eigenvalue weighted by Gasteiger charge is 2.13. The molecular weight excluding hydrogens is 318 g/mol. The lowest BCUT2D eigenvalue weighted by molar-refractivity contribution is -0.123. The fraction of sp³-hybridized carbons (Fsp3) is 0.211. The zero-order valence-electron chi connectivity index (χ0n) is 13.6. The van der Waals surface area contributed by atoms with E-state index in [1.54, 1.807) is 12.1 Å². The molecule has 6 heteroatoms. The van der Waals surface area contributed by atoms with Crippen LogP contribution in [0.15, 0.2) is 65.1 Å². The number of carbonyl (C=O) groups is 1. The van der Waals surface area contributed by atoms with Gasteiger partial charge in [0.25, 0.3) is 0 Å². The number of amides is 1. The third-order valence-electron chi connectivity index (χ3n) is 3.71. The van der Waals surface area contributed by atoms with Crippen LogP contribution < -0.4 is 5.32 Å². The van der Waals surface area contributed by atoms with Crippen LogP contribution in [0.4, 0.5) is 0 Å². The number of nitrogens with zero attached hydrogens (tertiary/aromatic N) is 2. The average molecular weight is 337 g/mol. The van der Waals surface area contributed by atoms with Crippen LogP contribution in [0, 0.1) is 0 Å². The van der Waals surface area contributed by atoms with Crippen molar-refractivity contribution >= 4 is 5.91 Å². The molecule has 128 valence electrons. The second kappa shape index (κ2) is 8.21. The van der Waals surface area contributed by atoms with E-state index in [0.29, 0.717) is 24.7 Å². The van der Waals surface area contributed by atoms with Crippen LogP contribution in [0.5, 0.6) is 0 Å². The molecule has 0 fully saturated rings. The first kappa shape index (κ1) is 16.9. The lowest BCUT2D eigenvalue weighted by atomic mass is 10.1. The topological polar surface area (TPSA) is 88.2 Å². The van der Waals surface area contributed by atoms with Crippen molar-refractivity contribution in [3.63, 3.8) is 0 Å². The maximum atomic E-state index is 11.9. The molecule has 0 aliphatic rings. The van der Waals surface area contributed by atoms with E-state index in [2.05, 4.69) is 15.5 Å². The summed E-state index contributed by atoms with van der Waals surface area (Å²) in [6, 6.07) is 18.6. The number of nitrogens with one attached hydrogen (secondary N) is 1. The first-order chi connectivity index (χ1) is 12.2. The maximum absolute atomic E-state index is 11.9. The van der Waals surface area contributed by atoms with E-state index in [4.69, 9.17) is 4.42 Å². The zero-order valence-corrected chi connectivity index (χ0v) is 13.6. The smallest absolute Gasteiger partial charge is 0.247 e. The maximum Gasteiger partial charge on any atom is 0.247 e. The summed E-state index contributed by atoms with van der Waals surface area (Å²) < 4.78 is 5.58. The van der Waals surface area contributed by atoms with Gasteiger partial charge in [-0.25, -0.2) is 0 Å². The zero-order chi connectivity index (χ0) is 17.5. The SMILES string of the molecule is O=C(CC(O)c1ccccc1)NCCc1nnc(-c2ccccc2)o1. The van der Waals surface area contributed by atoms with E-state index >= 15 is 0 Å². The van der Waals surface area contributed by atoms with E-state index in [-0.39, 0.29) is 12.3 Å². The minimum absolute atomic E-state index is 0.0170. The van der Waals surface area contributed by atoms with Crippen molar-refractivity contribution in [1.29, 1.82) is 0 Å². The predicted octanol–water partition coefficient (Wildman–Crippen LogP) is 2.52. The minimum Gasteiger partial charge on any atom is -0.421 e. The third-order valence-corrected chi connectivity index (χ3v) is 3.71. The van der Waals surface area contributed by atoms with Gasteiger partial charge in [-0.2, -0.15) is 0 Å². The highest BCUT2D eigenvalue weighted by molar-refractivity contribution is 5.76. The molecule has 1 atom stereocenters. The third kappa shape index (κ3) is 4.74. The highest BCUT2D eigenvalue weighted by Crippen LogP contribution is 2.17. The molecule has 1 aromatic heterocycles. The molecule has 2 aromatic carbocycles. The van der Waals surface area contributed by atoms with Crippen LogP contribution in [-0.2, 0) is 11.2 Å². The van der Waals surface area contributed by atoms with Gasteiger partial charge in [-0.1, -0.05) is 48.5 Å². The molecule has 0 spiro atoms. The monoisotopic (exact) mass is 337 g/mol. The normalized spacial score (nSPS) is 11.9. The molecule has 0 aliphatic carbocycles. The van der Waals surface area contributed by atoms with Crippen molar-refractivity contribution in [3.05, 3.63) is 72.1 Å². The van der Waals surface area contributed by atoms with Gasteiger partial charge in [-0.15, -0.1) is 10.2 Å². The summed E-state index contributed by atoms with van der Waals surface area (Å²) in [5, 5.41) is 20.8. The Balaban J connectivity index is 1.45. The summed E-state index contributed by atoms with van der Waals surface area (Å²) in [6.45, 7) is 0.372. The van der Waals surface area contributed by atoms with E-state index in [0.717, 1.165) is 11.1 Å². The fourth-order valence-corrected chi connectivity index (χ4v) is 2.40. The largest absolute Gasteiger partial charge is 0.421 e. The number of aliphatic hydroxyl groups excluding tert-OH is 1. The summed E-state index contributed by atoms with van der Waals surface area (Å²) in [6.07, 6.45) is -0.356. The number of aliphatic hydroxyl groups is 1. The van der Waals surface area contributed by atoms with Gasteiger partial charge < -0.3 is 14.8 Å². The molecule has 2 N–H and O–H groups in total. The summed E-state index contributed by atoms with van der Waals surface area (Å²) in [5.41, 5.74) is 1.58. The first-order valence-electron chi connectivity index (χ1n) is 8.10. The average Bonchev–Trinajstić information content (AvgIpc) is 3.12. The standard InChI is InChI=1S/C19H19N3O3/c23-16(14-7-3-1-4-8-14)13-17(24)20-12-11-18-21-22-19(25-18)15-9-5-2-6-10-15/h1-10,16,23H,11-13H2,(H,20,24). The van der Waals surface area contributed by atoms with Crippen molar-refractivity contribution in [2.24, 2.45) is 0 Å². The van der Waals surface area contributed by atoms with Gasteiger partial charge in [0.05, 0.1) is 12.5 Å². The lowest BCUT2D eigenvalue weighted by Crippen LogP contribution is -2.27. The van der Waals surface area contributed by atoms with E-state index in [9.17, 15) is 9.90 Å². The van der Waals surface area contributed by atoms with Gasteiger partial charge in [0, 0.05) is 18.5 Å². The molecule has 0 saturated carbocycles. The van der Waals surface area contributed by atoms with Gasteiger partial charge in [0.2, 0.25) is 17.7 Å². The summed E-state index contributed by atoms with van der Waals surface area (Å²) >= 11 is 0. The van der Waals surface area contributed by atoms with Crippen LogP contribution in [0.25, 0.3) is 11.5 Å². The first-order valence-corrected chi connectivity index (χ1v) is 8.10. The van der Waals surface area contributed by atoms with E-state index < -0.39 is 6.10 Å². The van der Waals surface area contributed by atoms with Crippen molar-refractivity contribution in [2.75, 3.05) is 6.54 Å². The van der Waals surface area contributed by atoms with Gasteiger partial charge in [0.15, 0.2) is 0 Å². The molecule has 3 aromatic rings. The number of carbonyl (C=O) groups excluding carboxylic acids is 1. The second-order valence-corrected chi connectivity index (χ2v) is 5.60. The number of rotatable bonds is 7. The molecule has 0 radical (unpaired) electrons. The Morgan fingerprint density at radius 1 is 1.04 bits per heavy atom. The Kier molecular flexibility index (Phi) is 5.53. The van der Waals surface area contributed by atoms with Gasteiger partial charge in [-0.3, -0.25) is 4.79 Å². The highest BCUT2D eigenvalue weighted by atomic mass is 16.4. The van der Waals surface area contributed by atoms with E-state index in [1.807, 2.05) is 48.5 Å². The number of benzene rings is 2. The molecule has 3 rings (SSSR count).